The molecular weight excluding hydrogens is 578 g/mol. The van der Waals surface area contributed by atoms with Crippen LogP contribution in [0.2, 0.25) is 0 Å². The molecule has 0 radical (unpaired) electrons. The lowest BCUT2D eigenvalue weighted by Gasteiger charge is -2.24. The fourth-order valence-corrected chi connectivity index (χ4v) is 6.52. The van der Waals surface area contributed by atoms with E-state index in [-0.39, 0.29) is 28.6 Å². The number of hydrogen-bond acceptors (Lipinski definition) is 9. The molecule has 1 saturated heterocycles. The summed E-state index contributed by atoms with van der Waals surface area (Å²) in [5, 5.41) is 0.420. The van der Waals surface area contributed by atoms with Crippen molar-refractivity contribution in [3.05, 3.63) is 75.8 Å². The number of rotatable bonds is 12. The highest BCUT2D eigenvalue weighted by Gasteiger charge is 2.39. The van der Waals surface area contributed by atoms with E-state index in [0.717, 1.165) is 35.0 Å². The van der Waals surface area contributed by atoms with E-state index in [1.807, 2.05) is 42.2 Å². The smallest absolute Gasteiger partial charge is 0.327 e. The lowest BCUT2D eigenvalue weighted by Crippen LogP contribution is -2.36. The first-order chi connectivity index (χ1) is 20.7. The number of aromatic nitrogens is 3. The van der Waals surface area contributed by atoms with Gasteiger partial charge in [0.15, 0.2) is 27.1 Å². The predicted octanol–water partition coefficient (Wildman–Crippen LogP) is 5.39. The van der Waals surface area contributed by atoms with Gasteiger partial charge in [0.2, 0.25) is 0 Å². The SMILES string of the molecule is COCC(F)(F)c1nc2sc(N3CCC[C@@H]3C(=O)C[C@H](C)c3ccccc3)nc2c(=O)n1Cc1ccc(OC)cc1OC. The minimum atomic E-state index is -3.56. The van der Waals surface area contributed by atoms with E-state index >= 15 is 8.78 Å². The van der Waals surface area contributed by atoms with E-state index < -0.39 is 30.0 Å². The predicted molar refractivity (Wildman–Crippen MR) is 161 cm³/mol. The summed E-state index contributed by atoms with van der Waals surface area (Å²) >= 11 is 1.04. The summed E-state index contributed by atoms with van der Waals surface area (Å²) in [5.74, 6) is -3.28. The molecule has 4 aromatic rings. The number of carbonyl (C=O) groups excluding carboxylic acids is 1. The van der Waals surface area contributed by atoms with E-state index in [1.54, 1.807) is 18.2 Å². The molecule has 0 spiro atoms. The van der Waals surface area contributed by atoms with Gasteiger partial charge < -0.3 is 19.1 Å². The van der Waals surface area contributed by atoms with Crippen molar-refractivity contribution in [2.45, 2.75) is 50.6 Å². The van der Waals surface area contributed by atoms with Crippen LogP contribution in [-0.4, -0.2) is 60.8 Å². The molecule has 12 heteroatoms. The highest BCUT2D eigenvalue weighted by Crippen LogP contribution is 2.36. The number of halogens is 2. The van der Waals surface area contributed by atoms with Crippen LogP contribution in [-0.2, 0) is 22.0 Å². The lowest BCUT2D eigenvalue weighted by molar-refractivity contribution is -0.120. The van der Waals surface area contributed by atoms with Gasteiger partial charge in [-0.05, 0) is 36.5 Å². The maximum absolute atomic E-state index is 15.4. The van der Waals surface area contributed by atoms with Crippen molar-refractivity contribution in [3.8, 4) is 11.5 Å². The second-order valence-electron chi connectivity index (χ2n) is 10.6. The quantitative estimate of drug-likeness (QED) is 0.210. The van der Waals surface area contributed by atoms with E-state index in [0.29, 0.717) is 41.6 Å². The molecule has 2 aromatic carbocycles. The first-order valence-electron chi connectivity index (χ1n) is 14.0. The van der Waals surface area contributed by atoms with E-state index in [1.165, 1.54) is 14.2 Å². The lowest BCUT2D eigenvalue weighted by atomic mass is 9.93. The van der Waals surface area contributed by atoms with Crippen LogP contribution in [0, 0.1) is 0 Å². The van der Waals surface area contributed by atoms with Crippen LogP contribution in [0.25, 0.3) is 10.3 Å². The summed E-state index contributed by atoms with van der Waals surface area (Å²) in [6, 6.07) is 14.4. The standard InChI is InChI=1S/C31H34F2N4O5S/c1-19(20-9-6-5-7-10-20)15-24(38)23-11-8-14-36(23)30-34-26-27(43-30)35-29(31(32,33)18-40-2)37(28(26)39)17-21-12-13-22(41-3)16-25(21)42-4/h5-7,9-10,12-13,16,19,23H,8,11,14-15,17-18H2,1-4H3/t19-,23+/m0/s1. The zero-order valence-electron chi connectivity index (χ0n) is 24.5. The monoisotopic (exact) mass is 612 g/mol. The van der Waals surface area contributed by atoms with Crippen molar-refractivity contribution in [3.63, 3.8) is 0 Å². The Kier molecular flexibility index (Phi) is 9.07. The molecule has 0 amide bonds. The average Bonchev–Trinajstić information content (AvgIpc) is 3.67. The normalized spacial score (nSPS) is 16.0. The Morgan fingerprint density at radius 1 is 1.12 bits per heavy atom. The molecule has 0 N–H and O–H groups in total. The first kappa shape index (κ1) is 30.6. The second kappa shape index (κ2) is 12.8. The Labute approximate surface area is 252 Å². The summed E-state index contributed by atoms with van der Waals surface area (Å²) in [6.07, 6.45) is 1.79. The third-order valence-corrected chi connectivity index (χ3v) is 8.72. The van der Waals surface area contributed by atoms with Gasteiger partial charge in [-0.3, -0.25) is 14.2 Å². The van der Waals surface area contributed by atoms with E-state index in [2.05, 4.69) is 9.97 Å². The highest BCUT2D eigenvalue weighted by molar-refractivity contribution is 7.21. The molecule has 228 valence electrons. The molecule has 0 unspecified atom stereocenters. The van der Waals surface area contributed by atoms with Crippen LogP contribution in [0.3, 0.4) is 0 Å². The molecule has 2 aromatic heterocycles. The largest absolute Gasteiger partial charge is 0.497 e. The number of anilines is 1. The van der Waals surface area contributed by atoms with Crippen LogP contribution in [0.4, 0.5) is 13.9 Å². The molecular formula is C31H34F2N4O5S. The minimum Gasteiger partial charge on any atom is -0.497 e. The first-order valence-corrected chi connectivity index (χ1v) is 14.8. The topological polar surface area (TPSA) is 95.8 Å². The maximum Gasteiger partial charge on any atom is 0.327 e. The molecule has 3 heterocycles. The molecule has 5 rings (SSSR count). The molecule has 1 fully saturated rings. The van der Waals surface area contributed by atoms with Gasteiger partial charge >= 0.3 is 5.92 Å². The van der Waals surface area contributed by atoms with Crippen LogP contribution < -0.4 is 19.9 Å². The van der Waals surface area contributed by atoms with Gasteiger partial charge in [-0.25, -0.2) is 9.97 Å². The molecule has 43 heavy (non-hydrogen) atoms. The molecule has 0 saturated carbocycles. The summed E-state index contributed by atoms with van der Waals surface area (Å²) in [4.78, 5) is 38.1. The molecule has 0 aliphatic carbocycles. The van der Waals surface area contributed by atoms with E-state index in [9.17, 15) is 9.59 Å². The number of benzene rings is 2. The van der Waals surface area contributed by atoms with Crippen molar-refractivity contribution < 1.29 is 27.8 Å². The maximum atomic E-state index is 15.4. The van der Waals surface area contributed by atoms with Gasteiger partial charge in [-0.1, -0.05) is 48.6 Å². The van der Waals surface area contributed by atoms with Gasteiger partial charge in [0.25, 0.3) is 5.56 Å². The Hall–Kier alpha value is -3.90. The van der Waals surface area contributed by atoms with Gasteiger partial charge in [0.05, 0.1) is 26.8 Å². The number of nitrogens with zero attached hydrogens (tertiary/aromatic N) is 4. The summed E-state index contributed by atoms with van der Waals surface area (Å²) < 4.78 is 47.2. The van der Waals surface area contributed by atoms with Gasteiger partial charge in [0, 0.05) is 31.7 Å². The third kappa shape index (κ3) is 6.25. The third-order valence-electron chi connectivity index (χ3n) is 7.73. The molecule has 9 nitrogen and oxygen atoms in total. The zero-order chi connectivity index (χ0) is 30.7. The number of carbonyl (C=O) groups is 1. The Bertz CT molecular complexity index is 1660. The Balaban J connectivity index is 1.52. The zero-order valence-corrected chi connectivity index (χ0v) is 25.3. The molecule has 1 aliphatic heterocycles. The number of thiazole rings is 1. The molecule has 1 aliphatic rings. The molecule has 2 atom stereocenters. The summed E-state index contributed by atoms with van der Waals surface area (Å²) in [5.41, 5.74) is 0.827. The number of ketones is 1. The van der Waals surface area contributed by atoms with Crippen molar-refractivity contribution in [1.82, 2.24) is 14.5 Å². The van der Waals surface area contributed by atoms with Crippen LogP contribution in [0.1, 0.15) is 49.1 Å². The Morgan fingerprint density at radius 3 is 2.58 bits per heavy atom. The summed E-state index contributed by atoms with van der Waals surface area (Å²) in [7, 11) is 4.11. The van der Waals surface area contributed by atoms with Gasteiger partial charge in [0.1, 0.15) is 18.1 Å². The van der Waals surface area contributed by atoms with Crippen LogP contribution >= 0.6 is 11.3 Å². The van der Waals surface area contributed by atoms with Crippen molar-refractivity contribution >= 4 is 32.6 Å². The number of methoxy groups -OCH3 is 3. The number of Topliss-reactive ketones (excluding diaryl/α,β-unsaturated/α-hetero) is 1. The number of fused-ring (bicyclic) bond motifs is 1. The number of ether oxygens (including phenoxy) is 3. The number of alkyl halides is 2. The second-order valence-corrected chi connectivity index (χ2v) is 11.6. The fourth-order valence-electron chi connectivity index (χ4n) is 5.51. The van der Waals surface area contributed by atoms with Crippen molar-refractivity contribution in [1.29, 1.82) is 0 Å². The van der Waals surface area contributed by atoms with E-state index in [4.69, 9.17) is 14.2 Å². The van der Waals surface area contributed by atoms with Crippen LogP contribution in [0.5, 0.6) is 11.5 Å². The van der Waals surface area contributed by atoms with Crippen molar-refractivity contribution in [2.24, 2.45) is 0 Å². The fraction of sp³-hybridized carbons (Fsp3) is 0.419. The highest BCUT2D eigenvalue weighted by atomic mass is 32.1. The minimum absolute atomic E-state index is 0.0276. The molecule has 0 bridgehead atoms. The van der Waals surface area contributed by atoms with Crippen LogP contribution in [0.15, 0.2) is 53.3 Å². The van der Waals surface area contributed by atoms with Crippen molar-refractivity contribution in [2.75, 3.05) is 39.4 Å². The van der Waals surface area contributed by atoms with Gasteiger partial charge in [-0.15, -0.1) is 0 Å². The number of hydrogen-bond donors (Lipinski definition) is 0. The average molecular weight is 613 g/mol. The Morgan fingerprint density at radius 2 is 1.88 bits per heavy atom. The summed E-state index contributed by atoms with van der Waals surface area (Å²) in [6.45, 7) is 1.40. The van der Waals surface area contributed by atoms with Gasteiger partial charge in [-0.2, -0.15) is 8.78 Å².